The van der Waals surface area contributed by atoms with Gasteiger partial charge in [-0.15, -0.1) is 0 Å². The molecular weight excluding hydrogens is 289 g/mol. The zero-order valence-corrected chi connectivity index (χ0v) is 11.5. The Balaban J connectivity index is -0.000000180. The molecule has 0 aromatic heterocycles. The van der Waals surface area contributed by atoms with Crippen molar-refractivity contribution in [3.05, 3.63) is 0 Å². The molecule has 16 heteroatoms. The van der Waals surface area contributed by atoms with E-state index < -0.39 is 23.0 Å². The van der Waals surface area contributed by atoms with Crippen LogP contribution in [0.25, 0.3) is 0 Å². The SMILES string of the molecule is O.O=P1([O-])NP(=O)([O-])NP(=O)([O-])N1.[NH4+].[NH4+].[NH4+]. The first-order chi connectivity index (χ1) is 5.12. The van der Waals surface area contributed by atoms with Crippen molar-refractivity contribution in [3.8, 4) is 0 Å². The van der Waals surface area contributed by atoms with Gasteiger partial charge in [-0.2, -0.15) is 0 Å². The Morgan fingerprint density at radius 3 is 0.875 bits per heavy atom. The quantitative estimate of drug-likeness (QED) is 0.256. The maximum Gasteiger partial charge on any atom is 0.155 e. The number of hydrogen-bond acceptors (Lipinski definition) is 6. The molecule has 0 spiro atoms. The van der Waals surface area contributed by atoms with E-state index in [0.29, 0.717) is 0 Å². The minimum Gasteiger partial charge on any atom is -0.775 e. The minimum absolute atomic E-state index is 0. The molecule has 0 aliphatic carbocycles. The fraction of sp³-hybridized carbons (Fsp3) is 0. The Hall–Kier alpha value is 0.290. The van der Waals surface area contributed by atoms with E-state index in [1.165, 1.54) is 0 Å². The van der Waals surface area contributed by atoms with Crippen LogP contribution in [0.5, 0.6) is 0 Å². The lowest BCUT2D eigenvalue weighted by Crippen LogP contribution is -2.45. The molecule has 1 heterocycles. The molecule has 0 aromatic carbocycles. The molecule has 0 saturated carbocycles. The van der Waals surface area contributed by atoms with E-state index >= 15 is 0 Å². The first kappa shape index (κ1) is 25.2. The Bertz CT molecular complexity index is 269. The maximum absolute atomic E-state index is 10.5. The second kappa shape index (κ2) is 6.89. The summed E-state index contributed by atoms with van der Waals surface area (Å²) >= 11 is 0. The third-order valence-electron chi connectivity index (χ3n) is 0.790. The molecule has 1 saturated heterocycles. The van der Waals surface area contributed by atoms with Crippen LogP contribution in [0.1, 0.15) is 0 Å². The summed E-state index contributed by atoms with van der Waals surface area (Å²) < 4.78 is 31.5. The fourth-order valence-electron chi connectivity index (χ4n) is 0.587. The smallest absolute Gasteiger partial charge is 0.155 e. The summed E-state index contributed by atoms with van der Waals surface area (Å²) in [5.74, 6) is 0. The second-order valence-corrected chi connectivity index (χ2v) is 7.66. The highest BCUT2D eigenvalue weighted by Gasteiger charge is 2.29. The highest BCUT2D eigenvalue weighted by atomic mass is 31.3. The van der Waals surface area contributed by atoms with Crippen molar-refractivity contribution in [1.29, 1.82) is 0 Å². The van der Waals surface area contributed by atoms with E-state index in [-0.39, 0.29) is 23.9 Å². The van der Waals surface area contributed by atoms with E-state index in [1.54, 1.807) is 0 Å². The van der Waals surface area contributed by atoms with Crippen LogP contribution in [0.15, 0.2) is 0 Å². The van der Waals surface area contributed by atoms with Crippen molar-refractivity contribution in [2.75, 3.05) is 0 Å². The second-order valence-electron chi connectivity index (χ2n) is 1.95. The molecule has 0 atom stereocenters. The first-order valence-corrected chi connectivity index (χ1v) is 7.31. The normalized spacial score (nSPS) is 41.4. The van der Waals surface area contributed by atoms with Gasteiger partial charge in [0.15, 0.2) is 23.0 Å². The third-order valence-corrected chi connectivity index (χ3v) is 7.11. The molecule has 17 N–H and O–H groups in total. The third kappa shape index (κ3) is 7.54. The predicted octanol–water partition coefficient (Wildman–Crippen LogP) is -2.52. The van der Waals surface area contributed by atoms with E-state index in [1.807, 2.05) is 0 Å². The summed E-state index contributed by atoms with van der Waals surface area (Å²) in [4.78, 5) is 34.8. The van der Waals surface area contributed by atoms with Crippen LogP contribution in [0, 0.1) is 0 Å². The maximum atomic E-state index is 10.5. The van der Waals surface area contributed by atoms with Crippen LogP contribution in [0.3, 0.4) is 0 Å². The monoisotopic (exact) mass is 306 g/mol. The average Bonchev–Trinajstić information content (AvgIpc) is 1.44. The van der Waals surface area contributed by atoms with Crippen molar-refractivity contribution in [2.24, 2.45) is 0 Å². The summed E-state index contributed by atoms with van der Waals surface area (Å²) in [6.45, 7) is 0. The van der Waals surface area contributed by atoms with Crippen molar-refractivity contribution >= 4 is 23.0 Å². The Labute approximate surface area is 90.8 Å². The largest absolute Gasteiger partial charge is 0.775 e. The van der Waals surface area contributed by atoms with Gasteiger partial charge in [0.05, 0.1) is 0 Å². The van der Waals surface area contributed by atoms with E-state index in [2.05, 4.69) is 0 Å². The van der Waals surface area contributed by atoms with Gasteiger partial charge in [-0.3, -0.25) is 0 Å². The molecule has 1 aliphatic rings. The molecular formula is H17N6O7P3. The first-order valence-electron chi connectivity index (χ1n) is 2.44. The highest BCUT2D eigenvalue weighted by molar-refractivity contribution is 7.83. The van der Waals surface area contributed by atoms with Gasteiger partial charge in [-0.25, -0.2) is 14.6 Å². The summed E-state index contributed by atoms with van der Waals surface area (Å²) in [6, 6.07) is 0. The van der Waals surface area contributed by atoms with Crippen LogP contribution in [0.4, 0.5) is 0 Å². The van der Waals surface area contributed by atoms with Gasteiger partial charge in [-0.1, -0.05) is 0 Å². The standard InChI is InChI=1S/H6N3O6P3.3H3N.H2O/c4-10(5)1-11(6,7)3-12(8,9)2-10;;;;/h(H6,1,2,3,4,5,6,7,8,9);3*1H3;1H2. The number of nitrogens with one attached hydrogen (secondary N) is 3. The zero-order chi connectivity index (χ0) is 9.62. The summed E-state index contributed by atoms with van der Waals surface area (Å²) in [5, 5.41) is 0. The van der Waals surface area contributed by atoms with E-state index in [9.17, 15) is 28.4 Å². The molecule has 1 aliphatic heterocycles. The number of hydrogen-bond donors (Lipinski definition) is 6. The lowest BCUT2D eigenvalue weighted by atomic mass is 13.8. The van der Waals surface area contributed by atoms with Crippen molar-refractivity contribution in [3.63, 3.8) is 0 Å². The molecule has 1 rings (SSSR count). The molecule has 16 heavy (non-hydrogen) atoms. The minimum atomic E-state index is -4.79. The van der Waals surface area contributed by atoms with Gasteiger partial charge >= 0.3 is 0 Å². The summed E-state index contributed by atoms with van der Waals surface area (Å²) in [5.41, 5.74) is 0. The summed E-state index contributed by atoms with van der Waals surface area (Å²) in [7, 11) is -14.4. The van der Waals surface area contributed by atoms with Gasteiger partial charge in [0.1, 0.15) is 0 Å². The van der Waals surface area contributed by atoms with Crippen LogP contribution in [-0.4, -0.2) is 5.48 Å². The van der Waals surface area contributed by atoms with Gasteiger partial charge in [0, 0.05) is 0 Å². The lowest BCUT2D eigenvalue weighted by Gasteiger charge is -2.45. The molecule has 0 unspecified atom stereocenters. The van der Waals surface area contributed by atoms with Gasteiger partial charge < -0.3 is 52.3 Å². The Morgan fingerprint density at radius 1 is 0.625 bits per heavy atom. The zero-order valence-electron chi connectivity index (χ0n) is 8.79. The predicted molar refractivity (Wildman–Crippen MR) is 53.8 cm³/mol. The number of rotatable bonds is 0. The highest BCUT2D eigenvalue weighted by Crippen LogP contribution is 2.55. The van der Waals surface area contributed by atoms with Crippen molar-refractivity contribution in [1.82, 2.24) is 33.0 Å². The fourth-order valence-corrected chi connectivity index (χ4v) is 6.49. The molecule has 0 bridgehead atoms. The van der Waals surface area contributed by atoms with Gasteiger partial charge in [0.2, 0.25) is 0 Å². The average molecular weight is 306 g/mol. The van der Waals surface area contributed by atoms with Gasteiger partial charge in [-0.05, 0) is 0 Å². The molecule has 0 amide bonds. The summed E-state index contributed by atoms with van der Waals surface area (Å²) in [6.07, 6.45) is 0. The topological polar surface area (TPSA) is 297 Å². The van der Waals surface area contributed by atoms with Crippen LogP contribution in [-0.2, 0) is 13.7 Å². The molecule has 0 aromatic rings. The Morgan fingerprint density at radius 2 is 0.750 bits per heavy atom. The molecule has 104 valence electrons. The number of quaternary nitrogens is 3. The van der Waals surface area contributed by atoms with E-state index in [4.69, 9.17) is 0 Å². The van der Waals surface area contributed by atoms with Crippen LogP contribution >= 0.6 is 23.0 Å². The molecule has 0 radical (unpaired) electrons. The van der Waals surface area contributed by atoms with E-state index in [0.717, 1.165) is 14.6 Å². The molecule has 1 fully saturated rings. The Kier molecular flexibility index (Phi) is 10.9. The van der Waals surface area contributed by atoms with Crippen LogP contribution < -0.4 is 47.7 Å². The van der Waals surface area contributed by atoms with Crippen molar-refractivity contribution in [2.45, 2.75) is 0 Å². The van der Waals surface area contributed by atoms with Crippen LogP contribution in [0.2, 0.25) is 0 Å². The van der Waals surface area contributed by atoms with Gasteiger partial charge in [0.25, 0.3) is 0 Å². The lowest BCUT2D eigenvalue weighted by molar-refractivity contribution is -0.202. The van der Waals surface area contributed by atoms with Crippen molar-refractivity contribution < 1.29 is 33.9 Å². The molecule has 13 nitrogen and oxygen atoms in total.